The van der Waals surface area contributed by atoms with Gasteiger partial charge in [0.2, 0.25) is 5.91 Å². The van der Waals surface area contributed by atoms with Crippen LogP contribution in [0.5, 0.6) is 5.75 Å². The second kappa shape index (κ2) is 8.63. The Kier molecular flexibility index (Phi) is 5.88. The molecule has 0 spiro atoms. The third-order valence-electron chi connectivity index (χ3n) is 5.62. The highest BCUT2D eigenvalue weighted by atomic mass is 32.2. The van der Waals surface area contributed by atoms with Crippen molar-refractivity contribution in [1.82, 2.24) is 0 Å². The summed E-state index contributed by atoms with van der Waals surface area (Å²) in [5.41, 5.74) is 2.61. The Balaban J connectivity index is 1.61. The zero-order valence-electron chi connectivity index (χ0n) is 17.5. The van der Waals surface area contributed by atoms with Crippen LogP contribution in [-0.2, 0) is 21.2 Å². The number of sulfonamides is 1. The quantitative estimate of drug-likeness (QED) is 0.598. The van der Waals surface area contributed by atoms with Crippen molar-refractivity contribution in [3.05, 3.63) is 83.7 Å². The van der Waals surface area contributed by atoms with Crippen LogP contribution in [0.3, 0.4) is 0 Å². The molecule has 3 aromatic carbocycles. The van der Waals surface area contributed by atoms with Gasteiger partial charge in [0, 0.05) is 12.2 Å². The van der Waals surface area contributed by atoms with E-state index in [1.54, 1.807) is 31.2 Å². The number of phenolic OH excluding ortho intramolecular Hbond substituents is 1. The van der Waals surface area contributed by atoms with Crippen LogP contribution in [0.4, 0.5) is 15.8 Å². The van der Waals surface area contributed by atoms with Gasteiger partial charge in [-0.3, -0.25) is 9.10 Å². The molecule has 6 nitrogen and oxygen atoms in total. The van der Waals surface area contributed by atoms with Gasteiger partial charge in [-0.05, 0) is 79.4 Å². The third-order valence-corrected chi connectivity index (χ3v) is 7.44. The molecule has 1 aliphatic rings. The number of halogens is 1. The molecule has 3 aromatic rings. The number of rotatable bonds is 5. The van der Waals surface area contributed by atoms with Crippen LogP contribution in [0.25, 0.3) is 0 Å². The minimum absolute atomic E-state index is 0.0159. The van der Waals surface area contributed by atoms with E-state index in [0.29, 0.717) is 24.3 Å². The van der Waals surface area contributed by atoms with Crippen LogP contribution in [0.2, 0.25) is 0 Å². The van der Waals surface area contributed by atoms with E-state index in [1.807, 2.05) is 6.07 Å². The summed E-state index contributed by atoms with van der Waals surface area (Å²) < 4.78 is 41.0. The number of carbonyl (C=O) groups is 1. The molecule has 2 N–H and O–H groups in total. The molecule has 0 radical (unpaired) electrons. The maximum atomic E-state index is 13.3. The molecular weight excluding hydrogens is 431 g/mol. The number of phenols is 1. The Morgan fingerprint density at radius 1 is 1.06 bits per heavy atom. The van der Waals surface area contributed by atoms with E-state index in [-0.39, 0.29) is 16.6 Å². The predicted octanol–water partition coefficient (Wildman–Crippen LogP) is 4.42. The zero-order valence-corrected chi connectivity index (χ0v) is 18.3. The van der Waals surface area contributed by atoms with Crippen LogP contribution >= 0.6 is 0 Å². The average molecular weight is 455 g/mol. The van der Waals surface area contributed by atoms with Crippen molar-refractivity contribution in [1.29, 1.82) is 0 Å². The first-order valence-electron chi connectivity index (χ1n) is 10.3. The van der Waals surface area contributed by atoms with Gasteiger partial charge in [0.15, 0.2) is 0 Å². The number of fused-ring (bicyclic) bond motifs is 1. The second-order valence-electron chi connectivity index (χ2n) is 7.78. The first kappa shape index (κ1) is 21.8. The van der Waals surface area contributed by atoms with E-state index in [1.165, 1.54) is 28.6 Å². The van der Waals surface area contributed by atoms with E-state index < -0.39 is 21.8 Å². The molecule has 1 unspecified atom stereocenters. The highest BCUT2D eigenvalue weighted by Gasteiger charge is 2.29. The van der Waals surface area contributed by atoms with Crippen molar-refractivity contribution >= 4 is 27.3 Å². The number of nitrogens with zero attached hydrogens (tertiary/aromatic N) is 1. The molecule has 1 aliphatic heterocycles. The normalized spacial score (nSPS) is 14.5. The summed E-state index contributed by atoms with van der Waals surface area (Å²) in [5, 5.41) is 12.3. The summed E-state index contributed by atoms with van der Waals surface area (Å²) in [5.74, 6) is -1.10. The Morgan fingerprint density at radius 2 is 1.75 bits per heavy atom. The number of nitrogens with one attached hydrogen (secondary N) is 1. The van der Waals surface area contributed by atoms with Gasteiger partial charge in [-0.25, -0.2) is 12.8 Å². The van der Waals surface area contributed by atoms with Crippen molar-refractivity contribution < 1.29 is 22.7 Å². The molecule has 0 saturated carbocycles. The Morgan fingerprint density at radius 3 is 2.44 bits per heavy atom. The molecule has 1 atom stereocenters. The first-order valence-corrected chi connectivity index (χ1v) is 11.7. The lowest BCUT2D eigenvalue weighted by atomic mass is 9.99. The smallest absolute Gasteiger partial charge is 0.264 e. The van der Waals surface area contributed by atoms with Gasteiger partial charge in [-0.1, -0.05) is 18.2 Å². The molecule has 0 fully saturated rings. The summed E-state index contributed by atoms with van der Waals surface area (Å²) in [4.78, 5) is 12.8. The zero-order chi connectivity index (χ0) is 22.9. The van der Waals surface area contributed by atoms with Gasteiger partial charge < -0.3 is 10.4 Å². The number of carbonyl (C=O) groups excluding carboxylic acids is 1. The molecule has 166 valence electrons. The minimum atomic E-state index is -3.87. The molecule has 0 aliphatic carbocycles. The number of aromatic hydroxyl groups is 1. The van der Waals surface area contributed by atoms with Gasteiger partial charge >= 0.3 is 0 Å². The van der Waals surface area contributed by atoms with Gasteiger partial charge in [-0.2, -0.15) is 0 Å². The molecular formula is C24H23FN2O4S. The molecule has 4 rings (SSSR count). The van der Waals surface area contributed by atoms with Crippen molar-refractivity contribution in [2.24, 2.45) is 0 Å². The van der Waals surface area contributed by atoms with Crippen LogP contribution < -0.4 is 9.62 Å². The summed E-state index contributed by atoms with van der Waals surface area (Å²) in [6.07, 6.45) is 1.39. The van der Waals surface area contributed by atoms with E-state index >= 15 is 0 Å². The lowest BCUT2D eigenvalue weighted by Gasteiger charge is -2.31. The lowest BCUT2D eigenvalue weighted by Crippen LogP contribution is -2.35. The molecule has 0 aromatic heterocycles. The summed E-state index contributed by atoms with van der Waals surface area (Å²) in [7, 11) is -3.87. The van der Waals surface area contributed by atoms with Gasteiger partial charge in [-0.15, -0.1) is 0 Å². The number of hydrogen-bond donors (Lipinski definition) is 2. The molecule has 0 saturated heterocycles. The number of amides is 1. The summed E-state index contributed by atoms with van der Waals surface area (Å²) in [6, 6.07) is 16.4. The molecule has 32 heavy (non-hydrogen) atoms. The maximum absolute atomic E-state index is 13.3. The topological polar surface area (TPSA) is 86.7 Å². The molecule has 8 heteroatoms. The number of hydrogen-bond acceptors (Lipinski definition) is 4. The third kappa shape index (κ3) is 4.31. The predicted molar refractivity (Wildman–Crippen MR) is 121 cm³/mol. The van der Waals surface area contributed by atoms with Crippen molar-refractivity contribution in [2.45, 2.75) is 30.6 Å². The van der Waals surface area contributed by atoms with E-state index in [0.717, 1.165) is 29.7 Å². The van der Waals surface area contributed by atoms with Crippen LogP contribution in [0.15, 0.2) is 71.6 Å². The van der Waals surface area contributed by atoms with Crippen LogP contribution in [-0.4, -0.2) is 26.0 Å². The summed E-state index contributed by atoms with van der Waals surface area (Å²) in [6.45, 7) is 2.05. The van der Waals surface area contributed by atoms with Crippen molar-refractivity contribution in [2.75, 3.05) is 16.2 Å². The number of aryl methyl sites for hydroxylation is 1. The molecule has 0 bridgehead atoms. The largest absolute Gasteiger partial charge is 0.508 e. The number of benzene rings is 3. The fraction of sp³-hybridized carbons (Fsp3) is 0.208. The standard InChI is InChI=1S/C24H23FN2O4S/c1-16(17-5-10-21(28)11-6-17)24(29)26-20-9-4-18-3-2-14-27(23(18)15-20)32(30,31)22-12-7-19(25)8-13-22/h4-13,15-16,28H,2-3,14H2,1H3,(H,26,29). The Hall–Kier alpha value is -3.39. The van der Waals surface area contributed by atoms with Crippen molar-refractivity contribution in [3.8, 4) is 5.75 Å². The Bertz CT molecular complexity index is 1240. The highest BCUT2D eigenvalue weighted by molar-refractivity contribution is 7.92. The second-order valence-corrected chi connectivity index (χ2v) is 9.64. The molecule has 1 heterocycles. The lowest BCUT2D eigenvalue weighted by molar-refractivity contribution is -0.117. The van der Waals surface area contributed by atoms with E-state index in [4.69, 9.17) is 0 Å². The van der Waals surface area contributed by atoms with Crippen LogP contribution in [0.1, 0.15) is 30.4 Å². The van der Waals surface area contributed by atoms with Gasteiger partial charge in [0.05, 0.1) is 16.5 Å². The first-order chi connectivity index (χ1) is 15.3. The number of anilines is 2. The average Bonchev–Trinajstić information content (AvgIpc) is 2.79. The summed E-state index contributed by atoms with van der Waals surface area (Å²) >= 11 is 0. The maximum Gasteiger partial charge on any atom is 0.264 e. The van der Waals surface area contributed by atoms with E-state index in [2.05, 4.69) is 5.32 Å². The van der Waals surface area contributed by atoms with E-state index in [9.17, 15) is 22.7 Å². The van der Waals surface area contributed by atoms with Crippen molar-refractivity contribution in [3.63, 3.8) is 0 Å². The van der Waals surface area contributed by atoms with Gasteiger partial charge in [0.25, 0.3) is 10.0 Å². The fourth-order valence-electron chi connectivity index (χ4n) is 3.77. The SMILES string of the molecule is CC(C(=O)Nc1ccc2c(c1)N(S(=O)(=O)c1ccc(F)cc1)CCC2)c1ccc(O)cc1. The molecule has 1 amide bonds. The monoisotopic (exact) mass is 454 g/mol. The fourth-order valence-corrected chi connectivity index (χ4v) is 5.30. The van der Waals surface area contributed by atoms with Gasteiger partial charge in [0.1, 0.15) is 11.6 Å². The minimum Gasteiger partial charge on any atom is -0.508 e. The van der Waals surface area contributed by atoms with Crippen LogP contribution in [0, 0.1) is 5.82 Å². The Labute approximate surface area is 186 Å². The highest BCUT2D eigenvalue weighted by Crippen LogP contribution is 2.34.